The number of aryl methyl sites for hydroxylation is 1. The Labute approximate surface area is 192 Å². The van der Waals surface area contributed by atoms with E-state index >= 15 is 0 Å². The molecule has 0 bridgehead atoms. The molecule has 2 aromatic carbocycles. The molecule has 5 nitrogen and oxygen atoms in total. The van der Waals surface area contributed by atoms with E-state index in [2.05, 4.69) is 79.4 Å². The Morgan fingerprint density at radius 2 is 1.91 bits per heavy atom. The van der Waals surface area contributed by atoms with Gasteiger partial charge in [-0.1, -0.05) is 79.7 Å². The molecule has 162 valence electrons. The third-order valence-corrected chi connectivity index (χ3v) is 7.00. The van der Waals surface area contributed by atoms with Crippen LogP contribution in [0.2, 0.25) is 0 Å². The summed E-state index contributed by atoms with van der Waals surface area (Å²) in [6.45, 7) is 6.47. The minimum Gasteiger partial charge on any atom is -0.294 e. The lowest BCUT2D eigenvalue weighted by atomic mass is 9.81. The Bertz CT molecular complexity index is 1290. The molecule has 0 saturated heterocycles. The van der Waals surface area contributed by atoms with Gasteiger partial charge >= 0.3 is 0 Å². The van der Waals surface area contributed by atoms with Gasteiger partial charge in [0.05, 0.1) is 11.3 Å². The molecule has 1 unspecified atom stereocenters. The van der Waals surface area contributed by atoms with Gasteiger partial charge in [-0.15, -0.1) is 5.10 Å². The summed E-state index contributed by atoms with van der Waals surface area (Å²) in [5, 5.41) is 5.23. The van der Waals surface area contributed by atoms with Crippen molar-refractivity contribution in [1.82, 2.24) is 19.6 Å². The first-order valence-electron chi connectivity index (χ1n) is 11.0. The first kappa shape index (κ1) is 20.9. The normalized spacial score (nSPS) is 16.0. The van der Waals surface area contributed by atoms with Crippen LogP contribution < -0.4 is 0 Å². The molecule has 1 atom stereocenters. The zero-order valence-corrected chi connectivity index (χ0v) is 19.4. The minimum absolute atomic E-state index is 0.128. The molecular formula is C26H26N4OS. The van der Waals surface area contributed by atoms with Gasteiger partial charge < -0.3 is 0 Å². The van der Waals surface area contributed by atoms with Crippen molar-refractivity contribution in [2.24, 2.45) is 0 Å². The van der Waals surface area contributed by atoms with E-state index in [-0.39, 0.29) is 11.7 Å². The molecule has 32 heavy (non-hydrogen) atoms. The van der Waals surface area contributed by atoms with Crippen LogP contribution in [0.15, 0.2) is 59.9 Å². The number of Topliss-reactive ketones (excluding diaryl/α,β-unsaturated/α-hetero) is 1. The Morgan fingerprint density at radius 1 is 1.09 bits per heavy atom. The highest BCUT2D eigenvalue weighted by Gasteiger charge is 2.28. The van der Waals surface area contributed by atoms with Crippen LogP contribution in [0.4, 0.5) is 0 Å². The standard InChI is InChI=1S/C26H26N4OS/c1-16(2)19-7-9-20(10-8-19)21-12-23-22(24(31)13-21)14-30-25(27-23)28-26(29-30)32-15-18-6-4-5-17(3)11-18/h4-11,14,16,21H,12-13,15H2,1-3H3. The number of nitrogens with zero attached hydrogens (tertiary/aromatic N) is 4. The fourth-order valence-electron chi connectivity index (χ4n) is 4.26. The number of benzene rings is 2. The molecular weight excluding hydrogens is 416 g/mol. The monoisotopic (exact) mass is 442 g/mol. The topological polar surface area (TPSA) is 60.1 Å². The number of ketones is 1. The van der Waals surface area contributed by atoms with Crippen molar-refractivity contribution >= 4 is 23.3 Å². The Morgan fingerprint density at radius 3 is 2.66 bits per heavy atom. The molecule has 6 heteroatoms. The molecule has 0 radical (unpaired) electrons. The van der Waals surface area contributed by atoms with Gasteiger partial charge in [0.25, 0.3) is 5.78 Å². The quantitative estimate of drug-likeness (QED) is 0.368. The zero-order chi connectivity index (χ0) is 22.2. The van der Waals surface area contributed by atoms with Crippen LogP contribution in [0.3, 0.4) is 0 Å². The van der Waals surface area contributed by atoms with Gasteiger partial charge in [-0.3, -0.25) is 4.79 Å². The Balaban J connectivity index is 1.38. The second-order valence-corrected chi connectivity index (χ2v) is 9.81. The second kappa shape index (κ2) is 8.51. The molecule has 5 rings (SSSR count). The largest absolute Gasteiger partial charge is 0.294 e. The average Bonchev–Trinajstić information content (AvgIpc) is 3.18. The Kier molecular flexibility index (Phi) is 5.55. The predicted octanol–water partition coefficient (Wildman–Crippen LogP) is 5.76. The lowest BCUT2D eigenvalue weighted by Gasteiger charge is -2.23. The molecule has 2 heterocycles. The minimum atomic E-state index is 0.128. The summed E-state index contributed by atoms with van der Waals surface area (Å²) in [5.74, 6) is 2.14. The van der Waals surface area contributed by atoms with Gasteiger partial charge in [-0.05, 0) is 41.9 Å². The number of hydrogen-bond acceptors (Lipinski definition) is 5. The van der Waals surface area contributed by atoms with Gasteiger partial charge in [-0.25, -0.2) is 9.50 Å². The maximum atomic E-state index is 12.9. The molecule has 2 aromatic heterocycles. The summed E-state index contributed by atoms with van der Waals surface area (Å²) in [7, 11) is 0. The second-order valence-electron chi connectivity index (χ2n) is 8.87. The molecule has 0 amide bonds. The van der Waals surface area contributed by atoms with E-state index in [9.17, 15) is 4.79 Å². The summed E-state index contributed by atoms with van der Waals surface area (Å²) in [4.78, 5) is 22.3. The molecule has 1 aliphatic carbocycles. The smallest absolute Gasteiger partial charge is 0.253 e. The number of hydrogen-bond donors (Lipinski definition) is 0. The zero-order valence-electron chi connectivity index (χ0n) is 18.6. The van der Waals surface area contributed by atoms with Crippen molar-refractivity contribution < 1.29 is 4.79 Å². The van der Waals surface area contributed by atoms with Gasteiger partial charge in [-0.2, -0.15) is 4.98 Å². The summed E-state index contributed by atoms with van der Waals surface area (Å²) in [6, 6.07) is 17.1. The van der Waals surface area contributed by atoms with E-state index in [4.69, 9.17) is 4.98 Å². The summed E-state index contributed by atoms with van der Waals surface area (Å²) < 4.78 is 1.65. The summed E-state index contributed by atoms with van der Waals surface area (Å²) in [5.41, 5.74) is 6.50. The first-order valence-corrected chi connectivity index (χ1v) is 12.0. The number of aromatic nitrogens is 4. The van der Waals surface area contributed by atoms with Gasteiger partial charge in [0.2, 0.25) is 5.16 Å². The maximum absolute atomic E-state index is 12.9. The van der Waals surface area contributed by atoms with Crippen molar-refractivity contribution in [2.75, 3.05) is 0 Å². The third-order valence-electron chi connectivity index (χ3n) is 6.09. The van der Waals surface area contributed by atoms with Gasteiger partial charge in [0, 0.05) is 18.4 Å². The molecule has 0 aliphatic heterocycles. The fraction of sp³-hybridized carbons (Fsp3) is 0.308. The van der Waals surface area contributed by atoms with Crippen LogP contribution in [-0.2, 0) is 12.2 Å². The third kappa shape index (κ3) is 4.19. The summed E-state index contributed by atoms with van der Waals surface area (Å²) >= 11 is 1.58. The van der Waals surface area contributed by atoms with E-state index in [1.54, 1.807) is 16.3 Å². The van der Waals surface area contributed by atoms with E-state index < -0.39 is 0 Å². The van der Waals surface area contributed by atoms with Crippen molar-refractivity contribution in [2.45, 2.75) is 56.4 Å². The fourth-order valence-corrected chi connectivity index (χ4v) is 5.03. The predicted molar refractivity (Wildman–Crippen MR) is 127 cm³/mol. The highest BCUT2D eigenvalue weighted by atomic mass is 32.2. The van der Waals surface area contributed by atoms with E-state index in [1.165, 1.54) is 22.3 Å². The summed E-state index contributed by atoms with van der Waals surface area (Å²) in [6.07, 6.45) is 3.06. The van der Waals surface area contributed by atoms with Crippen LogP contribution in [0.25, 0.3) is 5.78 Å². The van der Waals surface area contributed by atoms with Crippen molar-refractivity contribution in [3.05, 3.63) is 88.2 Å². The van der Waals surface area contributed by atoms with E-state index in [0.717, 1.165) is 17.9 Å². The van der Waals surface area contributed by atoms with Crippen LogP contribution in [-0.4, -0.2) is 25.4 Å². The lowest BCUT2D eigenvalue weighted by Crippen LogP contribution is -2.21. The number of thioether (sulfide) groups is 1. The molecule has 0 fully saturated rings. The number of rotatable bonds is 5. The number of carbonyl (C=O) groups excluding carboxylic acids is 1. The van der Waals surface area contributed by atoms with Crippen molar-refractivity contribution in [1.29, 1.82) is 0 Å². The highest BCUT2D eigenvalue weighted by molar-refractivity contribution is 7.98. The van der Waals surface area contributed by atoms with Crippen molar-refractivity contribution in [3.63, 3.8) is 0 Å². The van der Waals surface area contributed by atoms with Crippen LogP contribution in [0.1, 0.15) is 70.4 Å². The highest BCUT2D eigenvalue weighted by Crippen LogP contribution is 2.33. The van der Waals surface area contributed by atoms with Crippen LogP contribution >= 0.6 is 11.8 Å². The van der Waals surface area contributed by atoms with Crippen molar-refractivity contribution in [3.8, 4) is 0 Å². The van der Waals surface area contributed by atoms with Crippen LogP contribution in [0.5, 0.6) is 0 Å². The molecule has 0 saturated carbocycles. The van der Waals surface area contributed by atoms with Gasteiger partial charge in [0.15, 0.2) is 5.78 Å². The first-order chi connectivity index (χ1) is 15.5. The molecule has 0 N–H and O–H groups in total. The lowest BCUT2D eigenvalue weighted by molar-refractivity contribution is 0.0962. The molecule has 0 spiro atoms. The molecule has 4 aromatic rings. The molecule has 1 aliphatic rings. The SMILES string of the molecule is Cc1cccc(CSc2nc3nc4c(cn3n2)C(=O)CC(c2ccc(C(C)C)cc2)C4)c1. The van der Waals surface area contributed by atoms with E-state index in [0.29, 0.717) is 28.8 Å². The van der Waals surface area contributed by atoms with Crippen LogP contribution in [0, 0.1) is 6.92 Å². The van der Waals surface area contributed by atoms with Gasteiger partial charge in [0.1, 0.15) is 0 Å². The number of carbonyl (C=O) groups is 1. The Hall–Kier alpha value is -2.99. The maximum Gasteiger partial charge on any atom is 0.253 e. The average molecular weight is 443 g/mol. The van der Waals surface area contributed by atoms with E-state index in [1.807, 2.05) is 6.20 Å². The number of fused-ring (bicyclic) bond motifs is 2.